The number of carbonyl (C=O) groups is 1. The van der Waals surface area contributed by atoms with Crippen LogP contribution in [0.25, 0.3) is 10.6 Å². The zero-order valence-corrected chi connectivity index (χ0v) is 16.4. The smallest absolute Gasteiger partial charge is 0.238 e. The summed E-state index contributed by atoms with van der Waals surface area (Å²) >= 11 is 1.29. The predicted molar refractivity (Wildman–Crippen MR) is 106 cm³/mol. The molecule has 1 amide bonds. The van der Waals surface area contributed by atoms with Crippen molar-refractivity contribution in [1.82, 2.24) is 10.3 Å². The second-order valence-electron chi connectivity index (χ2n) is 6.09. The van der Waals surface area contributed by atoms with E-state index in [0.29, 0.717) is 29.2 Å². The Labute approximate surface area is 166 Å². The maximum atomic E-state index is 13.8. The molecule has 0 spiro atoms. The number of rotatable bonds is 7. The number of amides is 1. The van der Waals surface area contributed by atoms with Gasteiger partial charge in [-0.15, -0.1) is 11.3 Å². The van der Waals surface area contributed by atoms with Crippen molar-refractivity contribution in [3.63, 3.8) is 0 Å². The molecule has 0 radical (unpaired) electrons. The van der Waals surface area contributed by atoms with Crippen LogP contribution in [0.2, 0.25) is 0 Å². The quantitative estimate of drug-likeness (QED) is 0.614. The third-order valence-electron chi connectivity index (χ3n) is 3.99. The Balaban J connectivity index is 1.51. The Morgan fingerprint density at radius 2 is 1.86 bits per heavy atom. The van der Waals surface area contributed by atoms with Crippen LogP contribution in [0.4, 0.5) is 4.39 Å². The molecule has 3 rings (SSSR count). The number of hydrogen-bond acceptors (Lipinski definition) is 5. The highest BCUT2D eigenvalue weighted by molar-refractivity contribution is 7.89. The molecule has 0 aliphatic heterocycles. The van der Waals surface area contributed by atoms with Gasteiger partial charge in [-0.1, -0.05) is 24.3 Å². The highest BCUT2D eigenvalue weighted by Gasteiger charge is 2.12. The molecule has 3 aromatic rings. The fourth-order valence-corrected chi connectivity index (χ4v) is 3.93. The molecule has 0 fully saturated rings. The molecule has 9 heteroatoms. The number of carbonyl (C=O) groups excluding carboxylic acids is 1. The molecule has 3 N–H and O–H groups in total. The first-order valence-corrected chi connectivity index (χ1v) is 10.8. The summed E-state index contributed by atoms with van der Waals surface area (Å²) in [4.78, 5) is 16.5. The van der Waals surface area contributed by atoms with Gasteiger partial charge in [-0.3, -0.25) is 4.79 Å². The number of sulfonamides is 1. The average Bonchev–Trinajstić information content (AvgIpc) is 3.10. The maximum absolute atomic E-state index is 13.8. The van der Waals surface area contributed by atoms with Crippen molar-refractivity contribution in [2.45, 2.75) is 17.7 Å². The monoisotopic (exact) mass is 419 g/mol. The zero-order chi connectivity index (χ0) is 20.1. The van der Waals surface area contributed by atoms with Crippen LogP contribution in [0.15, 0.2) is 58.8 Å². The highest BCUT2D eigenvalue weighted by atomic mass is 32.2. The Kier molecular flexibility index (Phi) is 6.18. The summed E-state index contributed by atoms with van der Waals surface area (Å²) in [7, 11) is -3.71. The third-order valence-corrected chi connectivity index (χ3v) is 5.84. The van der Waals surface area contributed by atoms with Crippen LogP contribution in [-0.2, 0) is 27.7 Å². The normalized spacial score (nSPS) is 11.4. The first kappa shape index (κ1) is 20.1. The summed E-state index contributed by atoms with van der Waals surface area (Å²) in [6, 6.07) is 12.6. The Morgan fingerprint density at radius 1 is 1.14 bits per heavy atom. The van der Waals surface area contributed by atoms with Crippen molar-refractivity contribution in [2.75, 3.05) is 6.54 Å². The Hall–Kier alpha value is -2.62. The van der Waals surface area contributed by atoms with Crippen molar-refractivity contribution >= 4 is 27.3 Å². The standard InChI is InChI=1S/C19H18FN3O3S2/c20-17-4-2-1-3-16(17)19-23-14(12-27-19)11-18(24)22-10-9-13-5-7-15(8-6-13)28(21,25)26/h1-8,12H,9-11H2,(H,22,24)(H2,21,25,26). The topological polar surface area (TPSA) is 102 Å². The number of aromatic nitrogens is 1. The SMILES string of the molecule is NS(=O)(=O)c1ccc(CCNC(=O)Cc2csc(-c3ccccc3F)n2)cc1. The Morgan fingerprint density at radius 3 is 2.54 bits per heavy atom. The third kappa shape index (κ3) is 5.22. The maximum Gasteiger partial charge on any atom is 0.238 e. The minimum absolute atomic E-state index is 0.0504. The van der Waals surface area contributed by atoms with E-state index in [1.807, 2.05) is 0 Å². The average molecular weight is 420 g/mol. The molecular formula is C19H18FN3O3S2. The Bertz CT molecular complexity index is 1080. The number of nitrogens with one attached hydrogen (secondary N) is 1. The lowest BCUT2D eigenvalue weighted by atomic mass is 10.1. The van der Waals surface area contributed by atoms with Gasteiger partial charge in [0.2, 0.25) is 15.9 Å². The van der Waals surface area contributed by atoms with Gasteiger partial charge in [0.05, 0.1) is 17.0 Å². The van der Waals surface area contributed by atoms with Gasteiger partial charge in [-0.05, 0) is 36.2 Å². The molecule has 0 saturated heterocycles. The van der Waals surface area contributed by atoms with Crippen LogP contribution >= 0.6 is 11.3 Å². The van der Waals surface area contributed by atoms with Gasteiger partial charge in [0.25, 0.3) is 0 Å². The molecule has 0 aliphatic rings. The van der Waals surface area contributed by atoms with Crippen LogP contribution in [0.5, 0.6) is 0 Å². The number of nitrogens with zero attached hydrogens (tertiary/aromatic N) is 1. The van der Waals surface area contributed by atoms with E-state index in [4.69, 9.17) is 5.14 Å². The van der Waals surface area contributed by atoms with E-state index in [-0.39, 0.29) is 23.0 Å². The predicted octanol–water partition coefficient (Wildman–Crippen LogP) is 2.50. The number of thiazole rings is 1. The molecule has 6 nitrogen and oxygen atoms in total. The van der Waals surface area contributed by atoms with E-state index < -0.39 is 10.0 Å². The van der Waals surface area contributed by atoms with E-state index in [1.165, 1.54) is 29.5 Å². The fraction of sp³-hybridized carbons (Fsp3) is 0.158. The fourth-order valence-electron chi connectivity index (χ4n) is 2.57. The molecular weight excluding hydrogens is 401 g/mol. The molecule has 0 atom stereocenters. The number of hydrogen-bond donors (Lipinski definition) is 2. The minimum Gasteiger partial charge on any atom is -0.355 e. The zero-order valence-electron chi connectivity index (χ0n) is 14.8. The summed E-state index contributed by atoms with van der Waals surface area (Å²) in [5.74, 6) is -0.534. The van der Waals surface area contributed by atoms with Crippen LogP contribution in [0, 0.1) is 5.82 Å². The van der Waals surface area contributed by atoms with Gasteiger partial charge in [0.1, 0.15) is 10.8 Å². The molecule has 0 bridgehead atoms. The summed E-state index contributed by atoms with van der Waals surface area (Å²) in [5, 5.41) is 10.1. The van der Waals surface area contributed by atoms with Gasteiger partial charge in [0.15, 0.2) is 0 Å². The van der Waals surface area contributed by atoms with Crippen LogP contribution < -0.4 is 10.5 Å². The van der Waals surface area contributed by atoms with Crippen molar-refractivity contribution in [1.29, 1.82) is 0 Å². The van der Waals surface area contributed by atoms with Gasteiger partial charge < -0.3 is 5.32 Å². The summed E-state index contributed by atoms with van der Waals surface area (Å²) in [6.45, 7) is 0.401. The van der Waals surface area contributed by atoms with Crippen molar-refractivity contribution in [2.24, 2.45) is 5.14 Å². The number of nitrogens with two attached hydrogens (primary N) is 1. The van der Waals surface area contributed by atoms with Crippen molar-refractivity contribution < 1.29 is 17.6 Å². The largest absolute Gasteiger partial charge is 0.355 e. The van der Waals surface area contributed by atoms with Crippen molar-refractivity contribution in [3.05, 3.63) is 71.0 Å². The molecule has 146 valence electrons. The molecule has 0 unspecified atom stereocenters. The molecule has 0 saturated carbocycles. The van der Waals surface area contributed by atoms with E-state index >= 15 is 0 Å². The van der Waals surface area contributed by atoms with Crippen LogP contribution in [-0.4, -0.2) is 25.9 Å². The van der Waals surface area contributed by atoms with Gasteiger partial charge in [-0.25, -0.2) is 22.9 Å². The lowest BCUT2D eigenvalue weighted by Gasteiger charge is -2.05. The van der Waals surface area contributed by atoms with E-state index in [1.54, 1.807) is 35.7 Å². The van der Waals surface area contributed by atoms with Gasteiger partial charge in [-0.2, -0.15) is 0 Å². The first-order chi connectivity index (χ1) is 13.3. The second-order valence-corrected chi connectivity index (χ2v) is 8.51. The first-order valence-electron chi connectivity index (χ1n) is 8.40. The van der Waals surface area contributed by atoms with E-state index in [2.05, 4.69) is 10.3 Å². The summed E-state index contributed by atoms with van der Waals surface area (Å²) < 4.78 is 36.3. The molecule has 0 aliphatic carbocycles. The lowest BCUT2D eigenvalue weighted by molar-refractivity contribution is -0.120. The number of primary sulfonamides is 1. The lowest BCUT2D eigenvalue weighted by Crippen LogP contribution is -2.27. The molecule has 1 heterocycles. The van der Waals surface area contributed by atoms with E-state index in [0.717, 1.165) is 5.56 Å². The van der Waals surface area contributed by atoms with Gasteiger partial charge >= 0.3 is 0 Å². The van der Waals surface area contributed by atoms with Crippen LogP contribution in [0.1, 0.15) is 11.3 Å². The minimum atomic E-state index is -3.71. The van der Waals surface area contributed by atoms with E-state index in [9.17, 15) is 17.6 Å². The second kappa shape index (κ2) is 8.59. The van der Waals surface area contributed by atoms with Gasteiger partial charge in [0, 0.05) is 17.5 Å². The van der Waals surface area contributed by atoms with Crippen LogP contribution in [0.3, 0.4) is 0 Å². The van der Waals surface area contributed by atoms with Crippen molar-refractivity contribution in [3.8, 4) is 10.6 Å². The molecule has 28 heavy (non-hydrogen) atoms. The summed E-state index contributed by atoms with van der Waals surface area (Å²) in [5.41, 5.74) is 1.88. The summed E-state index contributed by atoms with van der Waals surface area (Å²) in [6.07, 6.45) is 0.656. The molecule has 2 aromatic carbocycles. The number of halogens is 1. The molecule has 1 aromatic heterocycles. The number of benzene rings is 2. The highest BCUT2D eigenvalue weighted by Crippen LogP contribution is 2.26.